The van der Waals surface area contributed by atoms with Crippen molar-refractivity contribution in [3.05, 3.63) is 53.1 Å². The Bertz CT molecular complexity index is 527. The fraction of sp³-hybridized carbons (Fsp3) is 0.200. The van der Waals surface area contributed by atoms with Crippen molar-refractivity contribution in [2.75, 3.05) is 0 Å². The fourth-order valence-electron chi connectivity index (χ4n) is 1.93. The van der Waals surface area contributed by atoms with Gasteiger partial charge in [0.25, 0.3) is 0 Å². The summed E-state index contributed by atoms with van der Waals surface area (Å²) in [6.45, 7) is 6.09. The predicted molar refractivity (Wildman–Crippen MR) is 67.8 cm³/mol. The summed E-state index contributed by atoms with van der Waals surface area (Å²) in [6, 6.07) is 12.2. The summed E-state index contributed by atoms with van der Waals surface area (Å²) in [5.74, 6) is 0.369. The maximum atomic E-state index is 9.63. The minimum atomic E-state index is 0.369. The van der Waals surface area contributed by atoms with Crippen LogP contribution in [0.2, 0.25) is 0 Å². The van der Waals surface area contributed by atoms with Crippen LogP contribution >= 0.6 is 0 Å². The molecule has 0 aliphatic carbocycles. The first-order valence-corrected chi connectivity index (χ1v) is 5.46. The van der Waals surface area contributed by atoms with Gasteiger partial charge in [-0.05, 0) is 49.1 Å². The fourth-order valence-corrected chi connectivity index (χ4v) is 1.93. The van der Waals surface area contributed by atoms with Crippen molar-refractivity contribution in [3.8, 4) is 16.9 Å². The molecule has 0 aromatic heterocycles. The van der Waals surface area contributed by atoms with Crippen molar-refractivity contribution in [3.63, 3.8) is 0 Å². The summed E-state index contributed by atoms with van der Waals surface area (Å²) in [5.41, 5.74) is 5.76. The van der Waals surface area contributed by atoms with Gasteiger partial charge in [-0.25, -0.2) is 0 Å². The van der Waals surface area contributed by atoms with Gasteiger partial charge in [-0.15, -0.1) is 0 Å². The quantitative estimate of drug-likeness (QED) is 0.758. The Balaban J connectivity index is 2.61. The van der Waals surface area contributed by atoms with E-state index in [4.69, 9.17) is 0 Å². The molecule has 0 aliphatic heterocycles. The molecule has 2 rings (SSSR count). The third kappa shape index (κ3) is 1.81. The molecule has 2 aromatic carbocycles. The Kier molecular flexibility index (Phi) is 2.69. The van der Waals surface area contributed by atoms with Gasteiger partial charge in [0, 0.05) is 0 Å². The molecule has 1 nitrogen and oxygen atoms in total. The average Bonchev–Trinajstić information content (AvgIpc) is 2.26. The molecule has 0 atom stereocenters. The molecule has 0 spiro atoms. The predicted octanol–water partition coefficient (Wildman–Crippen LogP) is 3.98. The molecule has 1 heteroatoms. The molecule has 0 bridgehead atoms. The van der Waals surface area contributed by atoms with Gasteiger partial charge in [0.2, 0.25) is 0 Å². The van der Waals surface area contributed by atoms with E-state index in [2.05, 4.69) is 31.2 Å². The first-order valence-electron chi connectivity index (χ1n) is 5.46. The number of hydrogen-bond acceptors (Lipinski definition) is 1. The number of phenolic OH excluding ortho intramolecular Hbond substituents is 1. The number of aromatic hydroxyl groups is 1. The van der Waals surface area contributed by atoms with E-state index >= 15 is 0 Å². The summed E-state index contributed by atoms with van der Waals surface area (Å²) in [7, 11) is 0. The Morgan fingerprint density at radius 3 is 2.31 bits per heavy atom. The standard InChI is InChI=1S/C15H16O/c1-10-5-4-6-13(9-10)14-7-8-15(16)12(3)11(14)2/h4-9,16H,1-3H3. The SMILES string of the molecule is Cc1cccc(-c2ccc(O)c(C)c2C)c1. The maximum absolute atomic E-state index is 9.63. The van der Waals surface area contributed by atoms with Gasteiger partial charge < -0.3 is 5.11 Å². The zero-order valence-electron chi connectivity index (χ0n) is 9.91. The van der Waals surface area contributed by atoms with E-state index in [0.717, 1.165) is 11.1 Å². The molecular weight excluding hydrogens is 196 g/mol. The van der Waals surface area contributed by atoms with Crippen LogP contribution in [0.5, 0.6) is 5.75 Å². The van der Waals surface area contributed by atoms with Crippen LogP contribution in [0.1, 0.15) is 16.7 Å². The van der Waals surface area contributed by atoms with Crippen molar-refractivity contribution in [2.45, 2.75) is 20.8 Å². The summed E-state index contributed by atoms with van der Waals surface area (Å²) in [6.07, 6.45) is 0. The first-order chi connectivity index (χ1) is 7.59. The van der Waals surface area contributed by atoms with Crippen molar-refractivity contribution < 1.29 is 5.11 Å². The molecule has 16 heavy (non-hydrogen) atoms. The number of benzene rings is 2. The zero-order valence-corrected chi connectivity index (χ0v) is 9.91. The molecule has 1 N–H and O–H groups in total. The van der Waals surface area contributed by atoms with Gasteiger partial charge in [-0.3, -0.25) is 0 Å². The molecule has 0 radical (unpaired) electrons. The molecule has 0 saturated carbocycles. The summed E-state index contributed by atoms with van der Waals surface area (Å²) in [4.78, 5) is 0. The maximum Gasteiger partial charge on any atom is 0.118 e. The average molecular weight is 212 g/mol. The minimum absolute atomic E-state index is 0.369. The minimum Gasteiger partial charge on any atom is -0.508 e. The van der Waals surface area contributed by atoms with Crippen LogP contribution in [-0.4, -0.2) is 5.11 Å². The van der Waals surface area contributed by atoms with Gasteiger partial charge in [0.15, 0.2) is 0 Å². The highest BCUT2D eigenvalue weighted by Gasteiger charge is 2.07. The molecular formula is C15H16O. The number of rotatable bonds is 1. The van der Waals surface area contributed by atoms with Crippen molar-refractivity contribution in [1.29, 1.82) is 0 Å². The monoisotopic (exact) mass is 212 g/mol. The Hall–Kier alpha value is -1.76. The lowest BCUT2D eigenvalue weighted by Gasteiger charge is -2.10. The Morgan fingerprint density at radius 2 is 1.62 bits per heavy atom. The van der Waals surface area contributed by atoms with Gasteiger partial charge in [-0.2, -0.15) is 0 Å². The molecule has 2 aromatic rings. The zero-order chi connectivity index (χ0) is 11.7. The largest absolute Gasteiger partial charge is 0.508 e. The Labute approximate surface area is 96.4 Å². The second-order valence-electron chi connectivity index (χ2n) is 4.25. The summed E-state index contributed by atoms with van der Waals surface area (Å²) >= 11 is 0. The molecule has 0 heterocycles. The van der Waals surface area contributed by atoms with E-state index in [1.165, 1.54) is 16.7 Å². The van der Waals surface area contributed by atoms with Gasteiger partial charge in [-0.1, -0.05) is 35.9 Å². The Morgan fingerprint density at radius 1 is 0.875 bits per heavy atom. The van der Waals surface area contributed by atoms with E-state index in [9.17, 15) is 5.11 Å². The van der Waals surface area contributed by atoms with Crippen molar-refractivity contribution in [2.24, 2.45) is 0 Å². The third-order valence-electron chi connectivity index (χ3n) is 3.09. The van der Waals surface area contributed by atoms with Crippen LogP contribution in [0.3, 0.4) is 0 Å². The summed E-state index contributed by atoms with van der Waals surface area (Å²) < 4.78 is 0. The van der Waals surface area contributed by atoms with Crippen LogP contribution in [-0.2, 0) is 0 Å². The van der Waals surface area contributed by atoms with E-state index in [1.54, 1.807) is 6.07 Å². The molecule has 0 aliphatic rings. The van der Waals surface area contributed by atoms with Crippen LogP contribution in [0.4, 0.5) is 0 Å². The number of aryl methyl sites for hydroxylation is 1. The normalized spacial score (nSPS) is 10.4. The molecule has 0 saturated heterocycles. The van der Waals surface area contributed by atoms with Gasteiger partial charge in [0.1, 0.15) is 5.75 Å². The molecule has 0 fully saturated rings. The molecule has 82 valence electrons. The number of phenols is 1. The third-order valence-corrected chi connectivity index (χ3v) is 3.09. The van der Waals surface area contributed by atoms with Crippen LogP contribution in [0.15, 0.2) is 36.4 Å². The number of hydrogen-bond donors (Lipinski definition) is 1. The van der Waals surface area contributed by atoms with E-state index < -0.39 is 0 Å². The highest BCUT2D eigenvalue weighted by molar-refractivity contribution is 5.70. The smallest absolute Gasteiger partial charge is 0.118 e. The summed E-state index contributed by atoms with van der Waals surface area (Å²) in [5, 5.41) is 9.63. The van der Waals surface area contributed by atoms with Crippen molar-refractivity contribution >= 4 is 0 Å². The van der Waals surface area contributed by atoms with Gasteiger partial charge >= 0.3 is 0 Å². The second kappa shape index (κ2) is 4.01. The highest BCUT2D eigenvalue weighted by Crippen LogP contribution is 2.30. The van der Waals surface area contributed by atoms with E-state index in [1.807, 2.05) is 19.9 Å². The van der Waals surface area contributed by atoms with E-state index in [0.29, 0.717) is 5.75 Å². The van der Waals surface area contributed by atoms with Crippen molar-refractivity contribution in [1.82, 2.24) is 0 Å². The lowest BCUT2D eigenvalue weighted by Crippen LogP contribution is -1.88. The second-order valence-corrected chi connectivity index (χ2v) is 4.25. The van der Waals surface area contributed by atoms with Crippen LogP contribution < -0.4 is 0 Å². The highest BCUT2D eigenvalue weighted by atomic mass is 16.3. The van der Waals surface area contributed by atoms with Crippen LogP contribution in [0.25, 0.3) is 11.1 Å². The lowest BCUT2D eigenvalue weighted by molar-refractivity contribution is 0.470. The lowest BCUT2D eigenvalue weighted by atomic mass is 9.95. The first kappa shape index (κ1) is 10.7. The molecule has 0 unspecified atom stereocenters. The van der Waals surface area contributed by atoms with E-state index in [-0.39, 0.29) is 0 Å². The topological polar surface area (TPSA) is 20.2 Å². The van der Waals surface area contributed by atoms with Crippen LogP contribution in [0, 0.1) is 20.8 Å². The molecule has 0 amide bonds. The van der Waals surface area contributed by atoms with Gasteiger partial charge in [0.05, 0.1) is 0 Å².